The number of carbonyl (C=O) groups excluding carboxylic acids is 4. The molecule has 2 saturated carbocycles. The molecule has 162 valence electrons. The zero-order valence-corrected chi connectivity index (χ0v) is 18.2. The second-order valence-electron chi connectivity index (χ2n) is 9.62. The molecule has 2 fully saturated rings. The highest BCUT2D eigenvalue weighted by Crippen LogP contribution is 2.40. The van der Waals surface area contributed by atoms with Crippen LogP contribution < -0.4 is 5.32 Å². The predicted octanol–water partition coefficient (Wildman–Crippen LogP) is 4.18. The van der Waals surface area contributed by atoms with E-state index >= 15 is 0 Å². The molecule has 4 atom stereocenters. The molecule has 2 aliphatic carbocycles. The van der Waals surface area contributed by atoms with E-state index in [9.17, 15) is 19.2 Å². The number of ether oxygens (including phenoxy) is 1. The van der Waals surface area contributed by atoms with Crippen LogP contribution in [0.1, 0.15) is 70.2 Å². The molecule has 6 heteroatoms. The number of carbonyl (C=O) groups is 4. The molecule has 1 amide bonds. The van der Waals surface area contributed by atoms with Crippen molar-refractivity contribution >= 4 is 29.1 Å². The third-order valence-electron chi connectivity index (χ3n) is 6.15. The molecule has 0 saturated heterocycles. The van der Waals surface area contributed by atoms with Crippen LogP contribution in [-0.2, 0) is 19.1 Å². The number of nitrogens with one attached hydrogen (secondary N) is 1. The average Bonchev–Trinajstić information content (AvgIpc) is 2.67. The molecule has 1 unspecified atom stereocenters. The Labute approximate surface area is 177 Å². The highest BCUT2D eigenvalue weighted by Gasteiger charge is 2.42. The fourth-order valence-electron chi connectivity index (χ4n) is 4.27. The van der Waals surface area contributed by atoms with E-state index < -0.39 is 11.5 Å². The first-order chi connectivity index (χ1) is 14.1. The lowest BCUT2D eigenvalue weighted by molar-refractivity contribution is -0.155. The Morgan fingerprint density at radius 3 is 2.13 bits per heavy atom. The van der Waals surface area contributed by atoms with Crippen molar-refractivity contribution in [3.05, 3.63) is 29.8 Å². The van der Waals surface area contributed by atoms with E-state index in [1.165, 1.54) is 0 Å². The number of Topliss-reactive ketones (excluding diaryl/α,β-unsaturated/α-hetero) is 2. The number of fused-ring (bicyclic) bond motifs is 2. The zero-order chi connectivity index (χ0) is 22.1. The van der Waals surface area contributed by atoms with Crippen LogP contribution in [0.25, 0.3) is 0 Å². The number of esters is 1. The van der Waals surface area contributed by atoms with E-state index in [0.29, 0.717) is 29.9 Å². The van der Waals surface area contributed by atoms with E-state index in [1.807, 2.05) is 20.8 Å². The number of anilines is 1. The average molecular weight is 414 g/mol. The van der Waals surface area contributed by atoms with E-state index in [1.54, 1.807) is 31.2 Å². The van der Waals surface area contributed by atoms with E-state index in [2.05, 4.69) is 5.32 Å². The summed E-state index contributed by atoms with van der Waals surface area (Å²) < 4.78 is 5.48. The van der Waals surface area contributed by atoms with Gasteiger partial charge in [0.2, 0.25) is 11.7 Å². The highest BCUT2D eigenvalue weighted by atomic mass is 16.5. The fraction of sp³-hybridized carbons (Fsp3) is 0.583. The molecular weight excluding hydrogens is 382 g/mol. The molecule has 3 rings (SSSR count). The first kappa shape index (κ1) is 22.2. The first-order valence-corrected chi connectivity index (χ1v) is 10.8. The van der Waals surface area contributed by atoms with Gasteiger partial charge in [-0.25, -0.2) is 0 Å². The molecule has 0 spiro atoms. The Hall–Kier alpha value is -2.50. The van der Waals surface area contributed by atoms with Gasteiger partial charge in [-0.15, -0.1) is 0 Å². The van der Waals surface area contributed by atoms with Crippen molar-refractivity contribution in [3.8, 4) is 0 Å². The van der Waals surface area contributed by atoms with Crippen molar-refractivity contribution in [2.45, 2.75) is 65.9 Å². The van der Waals surface area contributed by atoms with Gasteiger partial charge in [-0.3, -0.25) is 19.2 Å². The molecule has 6 nitrogen and oxygen atoms in total. The molecule has 2 aliphatic rings. The van der Waals surface area contributed by atoms with Gasteiger partial charge in [0.25, 0.3) is 0 Å². The molecule has 2 bridgehead atoms. The number of hydrogen-bond donors (Lipinski definition) is 1. The largest absolute Gasteiger partial charge is 0.454 e. The maximum absolute atomic E-state index is 12.7. The highest BCUT2D eigenvalue weighted by molar-refractivity contribution is 6.01. The monoisotopic (exact) mass is 413 g/mol. The van der Waals surface area contributed by atoms with Crippen LogP contribution in [0.2, 0.25) is 0 Å². The van der Waals surface area contributed by atoms with Gasteiger partial charge in [0.1, 0.15) is 5.78 Å². The van der Waals surface area contributed by atoms with Crippen molar-refractivity contribution in [2.75, 3.05) is 5.32 Å². The topological polar surface area (TPSA) is 89.5 Å². The summed E-state index contributed by atoms with van der Waals surface area (Å²) in [5, 5.41) is 2.81. The quantitative estimate of drug-likeness (QED) is 0.578. The molecule has 1 N–H and O–H groups in total. The van der Waals surface area contributed by atoms with Crippen LogP contribution in [0.3, 0.4) is 0 Å². The Bertz CT molecular complexity index is 820. The molecule has 0 aromatic heterocycles. The number of rotatable bonds is 5. The molecule has 0 aliphatic heterocycles. The minimum Gasteiger partial charge on any atom is -0.454 e. The summed E-state index contributed by atoms with van der Waals surface area (Å²) in [5.41, 5.74) is 0.508. The maximum Gasteiger partial charge on any atom is 0.309 e. The molecule has 1 aromatic rings. The molecule has 1 aromatic carbocycles. The van der Waals surface area contributed by atoms with Crippen molar-refractivity contribution in [2.24, 2.45) is 23.2 Å². The Morgan fingerprint density at radius 2 is 1.60 bits per heavy atom. The van der Waals surface area contributed by atoms with Crippen LogP contribution in [-0.4, -0.2) is 29.5 Å². The third kappa shape index (κ3) is 4.97. The second-order valence-corrected chi connectivity index (χ2v) is 9.62. The second kappa shape index (κ2) is 8.70. The Morgan fingerprint density at radius 1 is 1.03 bits per heavy atom. The molecular formula is C24H31NO5. The van der Waals surface area contributed by atoms with Gasteiger partial charge in [0.05, 0.1) is 5.92 Å². The van der Waals surface area contributed by atoms with Crippen LogP contribution in [0, 0.1) is 23.2 Å². The van der Waals surface area contributed by atoms with Gasteiger partial charge >= 0.3 is 5.97 Å². The van der Waals surface area contributed by atoms with Crippen LogP contribution in [0.4, 0.5) is 5.69 Å². The van der Waals surface area contributed by atoms with Crippen LogP contribution in [0.5, 0.6) is 0 Å². The number of benzene rings is 1. The van der Waals surface area contributed by atoms with Crippen LogP contribution >= 0.6 is 0 Å². The van der Waals surface area contributed by atoms with Crippen molar-refractivity contribution < 1.29 is 23.9 Å². The van der Waals surface area contributed by atoms with Crippen molar-refractivity contribution in [3.63, 3.8) is 0 Å². The van der Waals surface area contributed by atoms with Gasteiger partial charge in [-0.1, -0.05) is 27.2 Å². The van der Waals surface area contributed by atoms with Crippen LogP contribution in [0.15, 0.2) is 24.3 Å². The summed E-state index contributed by atoms with van der Waals surface area (Å²) >= 11 is 0. The predicted molar refractivity (Wildman–Crippen MR) is 113 cm³/mol. The zero-order valence-electron chi connectivity index (χ0n) is 18.2. The van der Waals surface area contributed by atoms with Gasteiger partial charge in [0.15, 0.2) is 6.10 Å². The van der Waals surface area contributed by atoms with E-state index in [-0.39, 0.29) is 35.4 Å². The summed E-state index contributed by atoms with van der Waals surface area (Å²) in [6.07, 6.45) is 2.93. The minimum atomic E-state index is -0.898. The standard InChI is InChI=1S/C24H31NO5/c1-14(30-22(28)18-12-16-6-5-7-17(13-18)21(16)27)20(26)15-8-10-19(11-9-15)25-23(29)24(2,3)4/h8-11,14,16-18H,5-7,12-13H2,1-4H3,(H,25,29)/t14-,16-,17+,18?/m0/s1. The summed E-state index contributed by atoms with van der Waals surface area (Å²) in [6, 6.07) is 6.57. The number of hydrogen-bond acceptors (Lipinski definition) is 5. The molecule has 30 heavy (non-hydrogen) atoms. The van der Waals surface area contributed by atoms with E-state index in [0.717, 1.165) is 19.3 Å². The van der Waals surface area contributed by atoms with Gasteiger partial charge in [0, 0.05) is 28.5 Å². The lowest BCUT2D eigenvalue weighted by Crippen LogP contribution is -2.40. The van der Waals surface area contributed by atoms with Crippen molar-refractivity contribution in [1.82, 2.24) is 0 Å². The summed E-state index contributed by atoms with van der Waals surface area (Å²) in [5.74, 6) is -0.844. The van der Waals surface area contributed by atoms with Gasteiger partial charge in [-0.2, -0.15) is 0 Å². The van der Waals surface area contributed by atoms with Gasteiger partial charge in [-0.05, 0) is 56.9 Å². The van der Waals surface area contributed by atoms with Gasteiger partial charge < -0.3 is 10.1 Å². The Balaban J connectivity index is 1.57. The molecule has 0 radical (unpaired) electrons. The lowest BCUT2D eigenvalue weighted by atomic mass is 9.67. The molecule has 0 heterocycles. The minimum absolute atomic E-state index is 0.0306. The van der Waals surface area contributed by atoms with E-state index in [4.69, 9.17) is 4.74 Å². The number of ketones is 2. The fourth-order valence-corrected chi connectivity index (χ4v) is 4.27. The number of amides is 1. The smallest absolute Gasteiger partial charge is 0.309 e. The van der Waals surface area contributed by atoms with Crippen molar-refractivity contribution in [1.29, 1.82) is 0 Å². The summed E-state index contributed by atoms with van der Waals surface area (Å²) in [4.78, 5) is 49.6. The normalized spacial score (nSPS) is 24.7. The lowest BCUT2D eigenvalue weighted by Gasteiger charge is -2.36. The summed E-state index contributed by atoms with van der Waals surface area (Å²) in [6.45, 7) is 7.05. The Kier molecular flexibility index (Phi) is 6.44. The summed E-state index contributed by atoms with van der Waals surface area (Å²) in [7, 11) is 0. The maximum atomic E-state index is 12.7. The SMILES string of the molecule is C[C@H](OC(=O)C1C[C@H]2CCC[C@@H](C1)C2=O)C(=O)c1ccc(NC(=O)C(C)(C)C)cc1. The third-order valence-corrected chi connectivity index (χ3v) is 6.15. The first-order valence-electron chi connectivity index (χ1n) is 10.8.